The Bertz CT molecular complexity index is 1760. The van der Waals surface area contributed by atoms with Crippen LogP contribution in [0, 0.1) is 0 Å². The van der Waals surface area contributed by atoms with Gasteiger partial charge in [-0.25, -0.2) is 4.98 Å². The highest BCUT2D eigenvalue weighted by molar-refractivity contribution is 6.13. The molecule has 4 aromatic carbocycles. The third kappa shape index (κ3) is 3.93. The van der Waals surface area contributed by atoms with E-state index in [1.807, 2.05) is 42.5 Å². The number of hydrogen-bond acceptors (Lipinski definition) is 3. The Morgan fingerprint density at radius 1 is 0.568 bits per heavy atom. The first-order chi connectivity index (χ1) is 18.3. The van der Waals surface area contributed by atoms with Crippen molar-refractivity contribution in [2.75, 3.05) is 0 Å². The zero-order chi connectivity index (χ0) is 24.6. The molecule has 0 aliphatic rings. The second-order valence-electron chi connectivity index (χ2n) is 9.20. The van der Waals surface area contributed by atoms with E-state index in [2.05, 4.69) is 83.3 Å². The Morgan fingerprint density at radius 3 is 1.81 bits per heavy atom. The highest BCUT2D eigenvalue weighted by Gasteiger charge is 2.19. The van der Waals surface area contributed by atoms with Crippen LogP contribution in [0.15, 0.2) is 121 Å². The molecule has 4 nitrogen and oxygen atoms in total. The molecule has 3 heterocycles. The van der Waals surface area contributed by atoms with Gasteiger partial charge in [0.05, 0.1) is 16.7 Å². The van der Waals surface area contributed by atoms with E-state index in [4.69, 9.17) is 14.5 Å². The average molecular weight is 481 g/mol. The van der Waals surface area contributed by atoms with Gasteiger partial charge in [0.15, 0.2) is 0 Å². The summed E-state index contributed by atoms with van der Waals surface area (Å²) < 4.78 is 14.8. The first-order valence-electron chi connectivity index (χ1n) is 12.4. The van der Waals surface area contributed by atoms with Gasteiger partial charge >= 0.3 is 0 Å². The largest absolute Gasteiger partial charge is 0.489 e. The van der Waals surface area contributed by atoms with Gasteiger partial charge in [-0.05, 0) is 35.4 Å². The molecule has 0 spiro atoms. The molecule has 0 saturated heterocycles. The highest BCUT2D eigenvalue weighted by Crippen LogP contribution is 2.39. The smallest absolute Gasteiger partial charge is 0.138 e. The lowest BCUT2D eigenvalue weighted by Crippen LogP contribution is -1.98. The number of hydrogen-bond donors (Lipinski definition) is 0. The van der Waals surface area contributed by atoms with Crippen molar-refractivity contribution in [1.29, 1.82) is 0 Å². The second kappa shape index (κ2) is 8.99. The second-order valence-corrected chi connectivity index (χ2v) is 9.20. The third-order valence-electron chi connectivity index (χ3n) is 6.75. The lowest BCUT2D eigenvalue weighted by atomic mass is 10.1. The van der Waals surface area contributed by atoms with Crippen LogP contribution in [0.4, 0.5) is 0 Å². The average Bonchev–Trinajstić information content (AvgIpc) is 3.52. The van der Waals surface area contributed by atoms with Gasteiger partial charge in [0.2, 0.25) is 0 Å². The maximum atomic E-state index is 6.26. The van der Waals surface area contributed by atoms with Gasteiger partial charge in [-0.3, -0.25) is 4.40 Å². The topological polar surface area (TPSA) is 35.8 Å². The summed E-state index contributed by atoms with van der Waals surface area (Å²) in [7, 11) is 0. The van der Waals surface area contributed by atoms with Crippen LogP contribution in [0.1, 0.15) is 11.1 Å². The standard InChI is InChI=1S/C33H24N2O2/c1-3-10-23(11-4-1)21-36-26-18-25(19-27(20-26)37-22-24-12-5-2-6-13-24)32-33-29-15-8-7-14-28(29)30-16-9-17-31(34-32)35(30)33/h1-20H,21-22H2. The van der Waals surface area contributed by atoms with Gasteiger partial charge in [0.1, 0.15) is 30.4 Å². The molecule has 0 amide bonds. The van der Waals surface area contributed by atoms with Crippen LogP contribution in [0.5, 0.6) is 11.5 Å². The van der Waals surface area contributed by atoms with Gasteiger partial charge < -0.3 is 9.47 Å². The zero-order valence-electron chi connectivity index (χ0n) is 20.2. The Kier molecular flexibility index (Phi) is 5.21. The van der Waals surface area contributed by atoms with Gasteiger partial charge in [-0.15, -0.1) is 0 Å². The third-order valence-corrected chi connectivity index (χ3v) is 6.75. The fraction of sp³-hybridized carbons (Fsp3) is 0.0606. The van der Waals surface area contributed by atoms with Crippen LogP contribution in [0.2, 0.25) is 0 Å². The summed E-state index contributed by atoms with van der Waals surface area (Å²) in [6.45, 7) is 0.959. The number of ether oxygens (including phenoxy) is 2. The monoisotopic (exact) mass is 480 g/mol. The van der Waals surface area contributed by atoms with E-state index in [9.17, 15) is 0 Å². The van der Waals surface area contributed by atoms with E-state index in [0.717, 1.165) is 45.0 Å². The lowest BCUT2D eigenvalue weighted by Gasteiger charge is -2.12. The van der Waals surface area contributed by atoms with Crippen molar-refractivity contribution in [2.45, 2.75) is 13.2 Å². The molecular weight excluding hydrogens is 456 g/mol. The summed E-state index contributed by atoms with van der Waals surface area (Å²) in [6.07, 6.45) is 0. The molecular formula is C33H24N2O2. The SMILES string of the molecule is c1ccc(COc2cc(OCc3ccccc3)cc(-c3nc4cccc5c6ccccc6c3n45)c2)cc1. The Morgan fingerprint density at radius 2 is 1.16 bits per heavy atom. The summed E-state index contributed by atoms with van der Waals surface area (Å²) in [5, 5.41) is 2.41. The van der Waals surface area contributed by atoms with Gasteiger partial charge in [-0.1, -0.05) is 91.0 Å². The summed E-state index contributed by atoms with van der Waals surface area (Å²) in [5.41, 5.74) is 7.33. The van der Waals surface area contributed by atoms with E-state index in [1.54, 1.807) is 0 Å². The Balaban J connectivity index is 1.34. The number of benzene rings is 4. The van der Waals surface area contributed by atoms with Crippen LogP contribution < -0.4 is 9.47 Å². The summed E-state index contributed by atoms with van der Waals surface area (Å²) >= 11 is 0. The summed E-state index contributed by atoms with van der Waals surface area (Å²) in [5.74, 6) is 1.50. The van der Waals surface area contributed by atoms with Crippen molar-refractivity contribution in [2.24, 2.45) is 0 Å². The van der Waals surface area contributed by atoms with E-state index >= 15 is 0 Å². The molecule has 7 aromatic rings. The normalized spacial score (nSPS) is 11.5. The Hall–Kier alpha value is -4.83. The van der Waals surface area contributed by atoms with Crippen molar-refractivity contribution >= 4 is 27.5 Å². The highest BCUT2D eigenvalue weighted by atomic mass is 16.5. The van der Waals surface area contributed by atoms with Gasteiger partial charge in [0.25, 0.3) is 0 Å². The molecule has 0 unspecified atom stereocenters. The lowest BCUT2D eigenvalue weighted by molar-refractivity contribution is 0.290. The van der Waals surface area contributed by atoms with E-state index in [-0.39, 0.29) is 0 Å². The fourth-order valence-corrected chi connectivity index (χ4v) is 5.02. The number of imidazole rings is 1. The first-order valence-corrected chi connectivity index (χ1v) is 12.4. The molecule has 0 fully saturated rings. The minimum Gasteiger partial charge on any atom is -0.489 e. The molecule has 7 rings (SSSR count). The van der Waals surface area contributed by atoms with Crippen LogP contribution in [0.25, 0.3) is 38.7 Å². The number of fused-ring (bicyclic) bond motifs is 3. The van der Waals surface area contributed by atoms with E-state index in [0.29, 0.717) is 13.2 Å². The van der Waals surface area contributed by atoms with Crippen molar-refractivity contribution in [3.63, 3.8) is 0 Å². The van der Waals surface area contributed by atoms with Gasteiger partial charge in [-0.2, -0.15) is 0 Å². The number of nitrogens with zero attached hydrogens (tertiary/aromatic N) is 2. The molecule has 4 heteroatoms. The van der Waals surface area contributed by atoms with Gasteiger partial charge in [0, 0.05) is 22.4 Å². The predicted octanol–water partition coefficient (Wildman–Crippen LogP) is 7.90. The molecule has 0 aliphatic heterocycles. The minimum absolute atomic E-state index is 0.480. The first kappa shape index (κ1) is 21.5. The van der Waals surface area contributed by atoms with Crippen LogP contribution >= 0.6 is 0 Å². The number of rotatable bonds is 7. The van der Waals surface area contributed by atoms with Crippen molar-refractivity contribution in [3.05, 3.63) is 132 Å². The molecule has 0 N–H and O–H groups in total. The molecule has 37 heavy (non-hydrogen) atoms. The Labute approximate surface area is 214 Å². The number of pyridine rings is 1. The molecule has 0 aliphatic carbocycles. The molecule has 0 radical (unpaired) electrons. The van der Waals surface area contributed by atoms with Crippen LogP contribution in [-0.2, 0) is 13.2 Å². The molecule has 178 valence electrons. The maximum absolute atomic E-state index is 6.26. The van der Waals surface area contributed by atoms with Crippen molar-refractivity contribution in [3.8, 4) is 22.8 Å². The number of aromatic nitrogens is 2. The van der Waals surface area contributed by atoms with E-state index < -0.39 is 0 Å². The summed E-state index contributed by atoms with van der Waals surface area (Å²) in [6, 6.07) is 41.3. The van der Waals surface area contributed by atoms with Crippen LogP contribution in [-0.4, -0.2) is 9.38 Å². The van der Waals surface area contributed by atoms with Crippen molar-refractivity contribution < 1.29 is 9.47 Å². The van der Waals surface area contributed by atoms with E-state index in [1.165, 1.54) is 16.3 Å². The summed E-state index contributed by atoms with van der Waals surface area (Å²) in [4.78, 5) is 5.06. The molecule has 0 atom stereocenters. The van der Waals surface area contributed by atoms with Crippen LogP contribution in [0.3, 0.4) is 0 Å². The molecule has 0 saturated carbocycles. The maximum Gasteiger partial charge on any atom is 0.138 e. The zero-order valence-corrected chi connectivity index (χ0v) is 20.2. The quantitative estimate of drug-likeness (QED) is 0.233. The molecule has 0 bridgehead atoms. The fourth-order valence-electron chi connectivity index (χ4n) is 5.02. The predicted molar refractivity (Wildman–Crippen MR) is 148 cm³/mol. The minimum atomic E-state index is 0.480. The van der Waals surface area contributed by atoms with Crippen molar-refractivity contribution in [1.82, 2.24) is 9.38 Å². The molecule has 3 aromatic heterocycles.